The van der Waals surface area contributed by atoms with Gasteiger partial charge in [0.25, 0.3) is 0 Å². The zero-order valence-corrected chi connectivity index (χ0v) is 10.6. The fourth-order valence-corrected chi connectivity index (χ4v) is 2.69. The maximum atomic E-state index is 10.9. The third-order valence-corrected chi connectivity index (χ3v) is 4.32. The maximum Gasteiger partial charge on any atom is 0.232 e. The number of rotatable bonds is 4. The number of hydrogen-bond donors (Lipinski definition) is 0. The molecule has 1 saturated carbocycles. The second kappa shape index (κ2) is 4.76. The van der Waals surface area contributed by atoms with Gasteiger partial charge in [-0.05, 0) is 36.3 Å². The summed E-state index contributed by atoms with van der Waals surface area (Å²) in [5.41, 5.74) is 2.41. The minimum atomic E-state index is -3.37. The quantitative estimate of drug-likeness (QED) is 0.778. The Kier molecular flexibility index (Phi) is 3.55. The summed E-state index contributed by atoms with van der Waals surface area (Å²) in [6.07, 6.45) is 4.34. The topological polar surface area (TPSA) is 34.1 Å². The van der Waals surface area contributed by atoms with Crippen molar-refractivity contribution < 1.29 is 8.42 Å². The molecule has 0 saturated heterocycles. The minimum absolute atomic E-state index is 0.0165. The molecule has 0 radical (unpaired) electrons. The van der Waals surface area contributed by atoms with E-state index < -0.39 is 9.05 Å². The van der Waals surface area contributed by atoms with E-state index in [1.165, 1.54) is 24.8 Å². The van der Waals surface area contributed by atoms with Gasteiger partial charge in [-0.2, -0.15) is 0 Å². The third-order valence-electron chi connectivity index (χ3n) is 3.16. The number of halogens is 1. The minimum Gasteiger partial charge on any atom is -0.212 e. The van der Waals surface area contributed by atoms with E-state index in [9.17, 15) is 8.42 Å². The Bertz CT molecular complexity index is 464. The van der Waals surface area contributed by atoms with Crippen molar-refractivity contribution in [2.24, 2.45) is 0 Å². The van der Waals surface area contributed by atoms with Crippen LogP contribution in [0.2, 0.25) is 0 Å². The molecule has 0 aliphatic heterocycles. The number of hydrogen-bond acceptors (Lipinski definition) is 2. The Hall–Kier alpha value is -0.540. The van der Waals surface area contributed by atoms with Crippen LogP contribution in [0.1, 0.15) is 36.3 Å². The first-order valence-electron chi connectivity index (χ1n) is 5.56. The van der Waals surface area contributed by atoms with E-state index >= 15 is 0 Å². The van der Waals surface area contributed by atoms with Crippen LogP contribution < -0.4 is 0 Å². The lowest BCUT2D eigenvalue weighted by Gasteiger charge is -2.26. The van der Waals surface area contributed by atoms with Gasteiger partial charge in [-0.25, -0.2) is 8.42 Å². The lowest BCUT2D eigenvalue weighted by atomic mass is 9.79. The second-order valence-corrected chi connectivity index (χ2v) is 7.26. The molecule has 16 heavy (non-hydrogen) atoms. The Balaban J connectivity index is 2.04. The van der Waals surface area contributed by atoms with Crippen LogP contribution in [0.15, 0.2) is 24.3 Å². The Morgan fingerprint density at radius 1 is 1.31 bits per heavy atom. The van der Waals surface area contributed by atoms with Crippen LogP contribution in [0, 0.1) is 0 Å². The monoisotopic (exact) mass is 258 g/mol. The smallest absolute Gasteiger partial charge is 0.212 e. The van der Waals surface area contributed by atoms with Crippen LogP contribution in [0.3, 0.4) is 0 Å². The molecule has 0 unspecified atom stereocenters. The van der Waals surface area contributed by atoms with Gasteiger partial charge < -0.3 is 0 Å². The average Bonchev–Trinajstić information content (AvgIpc) is 2.12. The van der Waals surface area contributed by atoms with Crippen molar-refractivity contribution in [2.45, 2.75) is 31.6 Å². The molecule has 1 aliphatic rings. The maximum absolute atomic E-state index is 10.9. The van der Waals surface area contributed by atoms with Crippen LogP contribution >= 0.6 is 10.7 Å². The first kappa shape index (κ1) is 11.9. The van der Waals surface area contributed by atoms with Crippen molar-refractivity contribution >= 4 is 19.7 Å². The van der Waals surface area contributed by atoms with E-state index in [2.05, 4.69) is 12.1 Å². The molecular weight excluding hydrogens is 244 g/mol. The lowest BCUT2D eigenvalue weighted by Crippen LogP contribution is -2.09. The molecule has 1 aromatic carbocycles. The normalized spacial score (nSPS) is 17.1. The molecule has 1 aliphatic carbocycles. The van der Waals surface area contributed by atoms with Crippen molar-refractivity contribution in [2.75, 3.05) is 5.75 Å². The molecular formula is C12H15ClO2S. The summed E-state index contributed by atoms with van der Waals surface area (Å²) in [5, 5.41) is 0. The van der Waals surface area contributed by atoms with Crippen molar-refractivity contribution in [3.8, 4) is 0 Å². The molecule has 88 valence electrons. The predicted molar refractivity (Wildman–Crippen MR) is 66.4 cm³/mol. The standard InChI is InChI=1S/C12H15ClO2S/c13-16(14,15)8-7-10-3-1-6-12(9-10)11-4-2-5-11/h1,3,6,9,11H,2,4-5,7-8H2. The largest absolute Gasteiger partial charge is 0.232 e. The van der Waals surface area contributed by atoms with Crippen molar-refractivity contribution in [1.82, 2.24) is 0 Å². The first-order chi connectivity index (χ1) is 7.54. The molecule has 0 spiro atoms. The lowest BCUT2D eigenvalue weighted by molar-refractivity contribution is 0.419. The highest BCUT2D eigenvalue weighted by molar-refractivity contribution is 8.13. The van der Waals surface area contributed by atoms with Gasteiger partial charge >= 0.3 is 0 Å². The molecule has 0 amide bonds. The molecule has 1 fully saturated rings. The van der Waals surface area contributed by atoms with E-state index in [4.69, 9.17) is 10.7 Å². The van der Waals surface area contributed by atoms with Crippen molar-refractivity contribution in [1.29, 1.82) is 0 Å². The highest BCUT2D eigenvalue weighted by Gasteiger charge is 2.19. The van der Waals surface area contributed by atoms with Crippen LogP contribution in [0.5, 0.6) is 0 Å². The molecule has 2 nitrogen and oxygen atoms in total. The predicted octanol–water partition coefficient (Wildman–Crippen LogP) is 3.07. The van der Waals surface area contributed by atoms with E-state index in [0.717, 1.165) is 5.56 Å². The highest BCUT2D eigenvalue weighted by Crippen LogP contribution is 2.36. The summed E-state index contributed by atoms with van der Waals surface area (Å²) >= 11 is 0. The molecule has 2 rings (SSSR count). The SMILES string of the molecule is O=S(=O)(Cl)CCc1cccc(C2CCC2)c1. The molecule has 0 aromatic heterocycles. The van der Waals surface area contributed by atoms with Gasteiger partial charge in [-0.3, -0.25) is 0 Å². The molecule has 0 N–H and O–H groups in total. The molecule has 0 bridgehead atoms. The summed E-state index contributed by atoms with van der Waals surface area (Å²) in [6.45, 7) is 0. The number of benzene rings is 1. The zero-order valence-electron chi connectivity index (χ0n) is 9.02. The summed E-state index contributed by atoms with van der Waals surface area (Å²) in [7, 11) is 1.82. The van der Waals surface area contributed by atoms with Gasteiger partial charge in [0.05, 0.1) is 5.75 Å². The summed E-state index contributed by atoms with van der Waals surface area (Å²) in [4.78, 5) is 0. The van der Waals surface area contributed by atoms with E-state index in [1.807, 2.05) is 12.1 Å². The van der Waals surface area contributed by atoms with Crippen LogP contribution in [0.25, 0.3) is 0 Å². The average molecular weight is 259 g/mol. The fraction of sp³-hybridized carbons (Fsp3) is 0.500. The van der Waals surface area contributed by atoms with Gasteiger partial charge in [0, 0.05) is 10.7 Å². The molecule has 0 heterocycles. The molecule has 1 aromatic rings. The van der Waals surface area contributed by atoms with Gasteiger partial charge in [0.2, 0.25) is 9.05 Å². The summed E-state index contributed by atoms with van der Waals surface area (Å²) in [5.74, 6) is 0.704. The Labute approximate surface area is 101 Å². The van der Waals surface area contributed by atoms with E-state index in [-0.39, 0.29) is 5.75 Å². The summed E-state index contributed by atoms with van der Waals surface area (Å²) in [6, 6.07) is 8.21. The van der Waals surface area contributed by atoms with Crippen molar-refractivity contribution in [3.63, 3.8) is 0 Å². The second-order valence-electron chi connectivity index (χ2n) is 4.37. The Morgan fingerprint density at radius 2 is 2.06 bits per heavy atom. The molecule has 0 atom stereocenters. The van der Waals surface area contributed by atoms with Crippen LogP contribution in [-0.2, 0) is 15.5 Å². The van der Waals surface area contributed by atoms with Gasteiger partial charge in [0.15, 0.2) is 0 Å². The van der Waals surface area contributed by atoms with E-state index in [0.29, 0.717) is 12.3 Å². The van der Waals surface area contributed by atoms with Gasteiger partial charge in [-0.15, -0.1) is 0 Å². The number of aryl methyl sites for hydroxylation is 1. The zero-order chi connectivity index (χ0) is 11.6. The Morgan fingerprint density at radius 3 is 2.62 bits per heavy atom. The van der Waals surface area contributed by atoms with E-state index in [1.54, 1.807) is 0 Å². The van der Waals surface area contributed by atoms with Crippen LogP contribution in [-0.4, -0.2) is 14.2 Å². The fourth-order valence-electron chi connectivity index (χ4n) is 1.98. The summed E-state index contributed by atoms with van der Waals surface area (Å²) < 4.78 is 21.7. The van der Waals surface area contributed by atoms with Gasteiger partial charge in [-0.1, -0.05) is 30.7 Å². The van der Waals surface area contributed by atoms with Crippen LogP contribution in [0.4, 0.5) is 0 Å². The molecule has 4 heteroatoms. The van der Waals surface area contributed by atoms with Crippen molar-refractivity contribution in [3.05, 3.63) is 35.4 Å². The highest BCUT2D eigenvalue weighted by atomic mass is 35.7. The third kappa shape index (κ3) is 3.22. The first-order valence-corrected chi connectivity index (χ1v) is 8.03. The van der Waals surface area contributed by atoms with Gasteiger partial charge in [0.1, 0.15) is 0 Å².